The van der Waals surface area contributed by atoms with Gasteiger partial charge in [-0.3, -0.25) is 4.79 Å². The first-order chi connectivity index (χ1) is 11.9. The van der Waals surface area contributed by atoms with Crippen LogP contribution in [0.15, 0.2) is 23.2 Å². The van der Waals surface area contributed by atoms with Gasteiger partial charge < -0.3 is 9.80 Å². The first kappa shape index (κ1) is 18.1. The minimum atomic E-state index is -3.41. The van der Waals surface area contributed by atoms with Gasteiger partial charge in [0.15, 0.2) is 0 Å². The Bertz CT molecular complexity index is 706. The van der Waals surface area contributed by atoms with Crippen molar-refractivity contribution in [2.45, 2.75) is 43.5 Å². The molecule has 2 saturated heterocycles. The molecule has 0 spiro atoms. The second-order valence-corrected chi connectivity index (χ2v) is 8.75. The third-order valence-electron chi connectivity index (χ3n) is 5.26. The standard InChI is InChI=1S/C17H26N4O3S/c1-14(22)19(2)15-7-11-20(12-8-15)17-6-5-16(13-18-17)25(23,24)21-9-3-4-10-21/h5-6,13,15H,3-4,7-12H2,1-2H3. The van der Waals surface area contributed by atoms with Gasteiger partial charge in [0.25, 0.3) is 0 Å². The molecule has 0 unspecified atom stereocenters. The maximum atomic E-state index is 12.5. The Morgan fingerprint density at radius 1 is 1.16 bits per heavy atom. The van der Waals surface area contributed by atoms with Crippen molar-refractivity contribution in [2.75, 3.05) is 38.1 Å². The number of pyridine rings is 1. The number of anilines is 1. The zero-order valence-electron chi connectivity index (χ0n) is 14.9. The van der Waals surface area contributed by atoms with Crippen LogP contribution in [0.3, 0.4) is 0 Å². The molecule has 1 aromatic heterocycles. The largest absolute Gasteiger partial charge is 0.356 e. The van der Waals surface area contributed by atoms with Crippen molar-refractivity contribution < 1.29 is 13.2 Å². The molecule has 8 heteroatoms. The molecule has 1 aromatic rings. The number of nitrogens with zero attached hydrogens (tertiary/aromatic N) is 4. The Hall–Kier alpha value is -1.67. The van der Waals surface area contributed by atoms with E-state index < -0.39 is 10.0 Å². The minimum Gasteiger partial charge on any atom is -0.356 e. The Labute approximate surface area is 149 Å². The van der Waals surface area contributed by atoms with Crippen LogP contribution in [0.25, 0.3) is 0 Å². The van der Waals surface area contributed by atoms with Gasteiger partial charge in [0, 0.05) is 52.4 Å². The molecular formula is C17H26N4O3S. The van der Waals surface area contributed by atoms with Crippen LogP contribution in [0.5, 0.6) is 0 Å². The summed E-state index contributed by atoms with van der Waals surface area (Å²) < 4.78 is 26.6. The molecule has 7 nitrogen and oxygen atoms in total. The second kappa shape index (κ2) is 7.29. The van der Waals surface area contributed by atoms with Gasteiger partial charge in [0.2, 0.25) is 15.9 Å². The third kappa shape index (κ3) is 3.79. The number of carbonyl (C=O) groups excluding carboxylic acids is 1. The van der Waals surface area contributed by atoms with Gasteiger partial charge >= 0.3 is 0 Å². The summed E-state index contributed by atoms with van der Waals surface area (Å²) in [4.78, 5) is 20.1. The first-order valence-corrected chi connectivity index (χ1v) is 10.3. The quantitative estimate of drug-likeness (QED) is 0.803. The van der Waals surface area contributed by atoms with Crippen LogP contribution in [-0.2, 0) is 14.8 Å². The highest BCUT2D eigenvalue weighted by Gasteiger charge is 2.28. The Kier molecular flexibility index (Phi) is 5.29. The van der Waals surface area contributed by atoms with E-state index in [4.69, 9.17) is 0 Å². The zero-order chi connectivity index (χ0) is 18.0. The Morgan fingerprint density at radius 2 is 1.80 bits per heavy atom. The SMILES string of the molecule is CC(=O)N(C)C1CCN(c2ccc(S(=O)(=O)N3CCCC3)cn2)CC1. The van der Waals surface area contributed by atoms with E-state index in [1.54, 1.807) is 24.0 Å². The van der Waals surface area contributed by atoms with Crippen molar-refractivity contribution in [1.82, 2.24) is 14.2 Å². The van der Waals surface area contributed by atoms with Gasteiger partial charge in [0.05, 0.1) is 0 Å². The van der Waals surface area contributed by atoms with Gasteiger partial charge in [-0.1, -0.05) is 0 Å². The fraction of sp³-hybridized carbons (Fsp3) is 0.647. The maximum absolute atomic E-state index is 12.5. The van der Waals surface area contributed by atoms with E-state index in [-0.39, 0.29) is 16.8 Å². The number of aromatic nitrogens is 1. The predicted molar refractivity (Wildman–Crippen MR) is 95.9 cm³/mol. The van der Waals surface area contributed by atoms with Gasteiger partial charge in [-0.05, 0) is 37.8 Å². The molecule has 3 heterocycles. The summed E-state index contributed by atoms with van der Waals surface area (Å²) in [5.41, 5.74) is 0. The zero-order valence-corrected chi connectivity index (χ0v) is 15.7. The van der Waals surface area contributed by atoms with E-state index in [9.17, 15) is 13.2 Å². The monoisotopic (exact) mass is 366 g/mol. The number of sulfonamides is 1. The fourth-order valence-corrected chi connectivity index (χ4v) is 4.99. The number of hydrogen-bond acceptors (Lipinski definition) is 5. The average Bonchev–Trinajstić information content (AvgIpc) is 3.17. The summed E-state index contributed by atoms with van der Waals surface area (Å²) in [6.07, 6.45) is 5.11. The van der Waals surface area contributed by atoms with Gasteiger partial charge in [-0.2, -0.15) is 4.31 Å². The van der Waals surface area contributed by atoms with Crippen LogP contribution in [0.4, 0.5) is 5.82 Å². The van der Waals surface area contributed by atoms with E-state index in [1.165, 1.54) is 10.5 Å². The lowest BCUT2D eigenvalue weighted by Gasteiger charge is -2.37. The summed E-state index contributed by atoms with van der Waals surface area (Å²) in [6, 6.07) is 3.71. The number of hydrogen-bond donors (Lipinski definition) is 0. The second-order valence-electron chi connectivity index (χ2n) is 6.81. The summed E-state index contributed by atoms with van der Waals surface area (Å²) >= 11 is 0. The highest BCUT2D eigenvalue weighted by Crippen LogP contribution is 2.24. The summed E-state index contributed by atoms with van der Waals surface area (Å²) in [7, 11) is -1.56. The number of amides is 1. The van der Waals surface area contributed by atoms with Crippen LogP contribution in [-0.4, -0.2) is 67.8 Å². The molecule has 138 valence electrons. The van der Waals surface area contributed by atoms with E-state index in [0.29, 0.717) is 13.1 Å². The topological polar surface area (TPSA) is 73.8 Å². The highest BCUT2D eigenvalue weighted by atomic mass is 32.2. The molecular weight excluding hydrogens is 340 g/mol. The lowest BCUT2D eigenvalue weighted by atomic mass is 10.0. The van der Waals surface area contributed by atoms with Crippen LogP contribution >= 0.6 is 0 Å². The van der Waals surface area contributed by atoms with Crippen molar-refractivity contribution in [3.63, 3.8) is 0 Å². The van der Waals surface area contributed by atoms with E-state index >= 15 is 0 Å². The molecule has 0 aliphatic carbocycles. The molecule has 2 fully saturated rings. The van der Waals surface area contributed by atoms with Gasteiger partial charge in [-0.25, -0.2) is 13.4 Å². The first-order valence-electron chi connectivity index (χ1n) is 8.84. The third-order valence-corrected chi connectivity index (χ3v) is 7.14. The molecule has 3 rings (SSSR count). The normalized spacial score (nSPS) is 20.0. The molecule has 0 aromatic carbocycles. The molecule has 1 amide bonds. The van der Waals surface area contributed by atoms with Crippen molar-refractivity contribution in [3.8, 4) is 0 Å². The molecule has 0 saturated carbocycles. The van der Waals surface area contributed by atoms with E-state index in [0.717, 1.165) is 44.6 Å². The molecule has 0 N–H and O–H groups in total. The summed E-state index contributed by atoms with van der Waals surface area (Å²) in [6.45, 7) is 4.41. The van der Waals surface area contributed by atoms with E-state index in [2.05, 4.69) is 9.88 Å². The maximum Gasteiger partial charge on any atom is 0.244 e. The number of rotatable bonds is 4. The molecule has 0 radical (unpaired) electrons. The lowest BCUT2D eigenvalue weighted by Crippen LogP contribution is -2.45. The highest BCUT2D eigenvalue weighted by molar-refractivity contribution is 7.89. The molecule has 25 heavy (non-hydrogen) atoms. The minimum absolute atomic E-state index is 0.0908. The summed E-state index contributed by atoms with van der Waals surface area (Å²) in [5, 5.41) is 0. The van der Waals surface area contributed by atoms with E-state index in [1.807, 2.05) is 7.05 Å². The van der Waals surface area contributed by atoms with Crippen molar-refractivity contribution in [1.29, 1.82) is 0 Å². The van der Waals surface area contributed by atoms with Crippen molar-refractivity contribution >= 4 is 21.7 Å². The average molecular weight is 366 g/mol. The predicted octanol–water partition coefficient (Wildman–Crippen LogP) is 1.31. The smallest absolute Gasteiger partial charge is 0.244 e. The van der Waals surface area contributed by atoms with Crippen molar-refractivity contribution in [2.24, 2.45) is 0 Å². The van der Waals surface area contributed by atoms with Gasteiger partial charge in [0.1, 0.15) is 10.7 Å². The Morgan fingerprint density at radius 3 is 2.32 bits per heavy atom. The van der Waals surface area contributed by atoms with Crippen LogP contribution in [0, 0.1) is 0 Å². The lowest BCUT2D eigenvalue weighted by molar-refractivity contribution is -0.129. The molecule has 0 atom stereocenters. The number of carbonyl (C=O) groups is 1. The van der Waals surface area contributed by atoms with Crippen LogP contribution in [0.1, 0.15) is 32.6 Å². The summed E-state index contributed by atoms with van der Waals surface area (Å²) in [5.74, 6) is 0.886. The number of piperidine rings is 1. The van der Waals surface area contributed by atoms with Gasteiger partial charge in [-0.15, -0.1) is 0 Å². The Balaban J connectivity index is 1.64. The molecule has 0 bridgehead atoms. The fourth-order valence-electron chi connectivity index (χ4n) is 3.53. The van der Waals surface area contributed by atoms with Crippen molar-refractivity contribution in [3.05, 3.63) is 18.3 Å². The van der Waals surface area contributed by atoms with Crippen LogP contribution < -0.4 is 4.90 Å². The molecule has 2 aliphatic rings. The van der Waals surface area contributed by atoms with Crippen LogP contribution in [0.2, 0.25) is 0 Å². The molecule has 2 aliphatic heterocycles.